The van der Waals surface area contributed by atoms with Crippen LogP contribution >= 0.6 is 0 Å². The number of carbonyl (C=O) groups excluding carboxylic acids is 2. The van der Waals surface area contributed by atoms with Gasteiger partial charge in [0.1, 0.15) is 11.5 Å². The number of rotatable bonds is 5. The van der Waals surface area contributed by atoms with Crippen molar-refractivity contribution in [1.82, 2.24) is 4.90 Å². The predicted octanol–water partition coefficient (Wildman–Crippen LogP) is 4.74. The number of aliphatic hydroxyl groups is 1. The van der Waals surface area contributed by atoms with Gasteiger partial charge in [-0.25, -0.2) is 0 Å². The Morgan fingerprint density at radius 1 is 1.09 bits per heavy atom. The number of hydrogen-bond acceptors (Lipinski definition) is 5. The third-order valence-corrected chi connectivity index (χ3v) is 7.07. The summed E-state index contributed by atoms with van der Waals surface area (Å²) in [4.78, 5) is 28.0. The summed E-state index contributed by atoms with van der Waals surface area (Å²) >= 11 is 0. The van der Waals surface area contributed by atoms with Crippen molar-refractivity contribution in [3.05, 3.63) is 70.3 Å². The van der Waals surface area contributed by atoms with Crippen LogP contribution in [0.2, 0.25) is 0 Å². The van der Waals surface area contributed by atoms with Crippen molar-refractivity contribution >= 4 is 17.4 Å². The van der Waals surface area contributed by atoms with Crippen molar-refractivity contribution in [2.75, 3.05) is 19.8 Å². The van der Waals surface area contributed by atoms with Gasteiger partial charge in [0.05, 0.1) is 24.3 Å². The molecule has 6 nitrogen and oxygen atoms in total. The van der Waals surface area contributed by atoms with Gasteiger partial charge in [-0.2, -0.15) is 0 Å². The highest BCUT2D eigenvalue weighted by molar-refractivity contribution is 6.46. The monoisotopic (exact) mass is 461 g/mol. The van der Waals surface area contributed by atoms with Crippen LogP contribution in [0, 0.1) is 0 Å². The maximum Gasteiger partial charge on any atom is 0.295 e. The minimum atomic E-state index is -0.655. The second kappa shape index (κ2) is 9.26. The summed E-state index contributed by atoms with van der Waals surface area (Å²) in [7, 11) is 0. The van der Waals surface area contributed by atoms with E-state index >= 15 is 0 Å². The third kappa shape index (κ3) is 4.11. The first-order chi connectivity index (χ1) is 16.4. The van der Waals surface area contributed by atoms with Crippen LogP contribution in [0.1, 0.15) is 67.3 Å². The zero-order valence-electron chi connectivity index (χ0n) is 19.8. The molecule has 2 aromatic carbocycles. The largest absolute Gasteiger partial charge is 0.507 e. The van der Waals surface area contributed by atoms with Crippen LogP contribution < -0.4 is 4.74 Å². The molecule has 0 radical (unpaired) electrons. The van der Waals surface area contributed by atoms with Gasteiger partial charge in [-0.3, -0.25) is 9.59 Å². The minimum Gasteiger partial charge on any atom is -0.507 e. The Kier molecular flexibility index (Phi) is 6.17. The van der Waals surface area contributed by atoms with Crippen molar-refractivity contribution in [3.63, 3.8) is 0 Å². The quantitative estimate of drug-likeness (QED) is 0.396. The van der Waals surface area contributed by atoms with Crippen LogP contribution in [-0.2, 0) is 20.7 Å². The van der Waals surface area contributed by atoms with Gasteiger partial charge in [-0.05, 0) is 66.5 Å². The van der Waals surface area contributed by atoms with Crippen LogP contribution in [0.4, 0.5) is 0 Å². The van der Waals surface area contributed by atoms with Gasteiger partial charge in [-0.1, -0.05) is 38.1 Å². The molecule has 0 aliphatic carbocycles. The van der Waals surface area contributed by atoms with Crippen molar-refractivity contribution in [2.45, 2.75) is 57.6 Å². The Hall–Kier alpha value is -3.12. The van der Waals surface area contributed by atoms with Crippen molar-refractivity contribution in [2.24, 2.45) is 0 Å². The average molecular weight is 462 g/mol. The van der Waals surface area contributed by atoms with E-state index < -0.39 is 17.7 Å². The number of Topliss-reactive ketones (excluding diaryl/α,β-unsaturated/α-hetero) is 1. The number of ketones is 1. The first-order valence-electron chi connectivity index (χ1n) is 12.2. The molecular weight excluding hydrogens is 430 g/mol. The molecule has 2 unspecified atom stereocenters. The number of likely N-dealkylation sites (tertiary alicyclic amines) is 1. The Bertz CT molecular complexity index is 1130. The summed E-state index contributed by atoms with van der Waals surface area (Å²) in [6.07, 6.45) is 3.46. The van der Waals surface area contributed by atoms with Crippen LogP contribution in [0.15, 0.2) is 48.0 Å². The second-order valence-corrected chi connectivity index (χ2v) is 9.68. The number of ether oxygens (including phenoxy) is 2. The second-order valence-electron chi connectivity index (χ2n) is 9.68. The summed E-state index contributed by atoms with van der Waals surface area (Å²) in [6.45, 7) is 5.92. The molecule has 5 rings (SSSR count). The molecule has 0 bridgehead atoms. The Morgan fingerprint density at radius 2 is 1.88 bits per heavy atom. The van der Waals surface area contributed by atoms with E-state index in [4.69, 9.17) is 9.47 Å². The fourth-order valence-corrected chi connectivity index (χ4v) is 5.15. The van der Waals surface area contributed by atoms with E-state index in [0.29, 0.717) is 31.2 Å². The fraction of sp³-hybridized carbons (Fsp3) is 0.429. The molecule has 2 saturated heterocycles. The normalized spacial score (nSPS) is 23.9. The molecule has 2 aromatic rings. The number of fused-ring (bicyclic) bond motifs is 1. The Balaban J connectivity index is 1.59. The number of nitrogens with zero attached hydrogens (tertiary/aromatic N) is 1. The summed E-state index contributed by atoms with van der Waals surface area (Å²) in [6, 6.07) is 12.8. The molecule has 0 saturated carbocycles. The van der Waals surface area contributed by atoms with Crippen LogP contribution in [0.3, 0.4) is 0 Å². The molecule has 2 fully saturated rings. The summed E-state index contributed by atoms with van der Waals surface area (Å²) in [5.41, 5.74) is 3.65. The predicted molar refractivity (Wildman–Crippen MR) is 129 cm³/mol. The maximum absolute atomic E-state index is 13.3. The zero-order valence-corrected chi connectivity index (χ0v) is 19.8. The standard InChI is InChI=1S/C28H31NO5/c1-17(2)18-7-9-19(10-8-18)25-24(27(31)28(32)29(25)16-22-6-4-13-33-22)26(30)21-11-12-23-20(15-21)5-3-14-34-23/h7-12,15,17,22,25,30H,3-6,13-14,16H2,1-2H3/b26-24-. The van der Waals surface area contributed by atoms with E-state index in [-0.39, 0.29) is 17.4 Å². The van der Waals surface area contributed by atoms with Gasteiger partial charge in [0.25, 0.3) is 11.7 Å². The van der Waals surface area contributed by atoms with Crippen LogP contribution in [-0.4, -0.2) is 47.6 Å². The molecule has 0 aromatic heterocycles. The lowest BCUT2D eigenvalue weighted by Gasteiger charge is -2.28. The molecule has 3 aliphatic rings. The highest BCUT2D eigenvalue weighted by Crippen LogP contribution is 2.41. The lowest BCUT2D eigenvalue weighted by Crippen LogP contribution is -2.36. The minimum absolute atomic E-state index is 0.100. The molecule has 0 spiro atoms. The van der Waals surface area contributed by atoms with E-state index in [1.807, 2.05) is 36.4 Å². The molecule has 34 heavy (non-hydrogen) atoms. The van der Waals surface area contributed by atoms with Gasteiger partial charge in [0, 0.05) is 18.7 Å². The van der Waals surface area contributed by atoms with Gasteiger partial charge in [-0.15, -0.1) is 0 Å². The first kappa shape index (κ1) is 22.7. The molecule has 6 heteroatoms. The van der Waals surface area contributed by atoms with E-state index in [1.165, 1.54) is 5.56 Å². The van der Waals surface area contributed by atoms with Crippen LogP contribution in [0.25, 0.3) is 5.76 Å². The Labute approximate surface area is 200 Å². The SMILES string of the molecule is CC(C)c1ccc(C2/C(=C(/O)c3ccc4c(c3)CCCO4)C(=O)C(=O)N2CC2CCCO2)cc1. The highest BCUT2D eigenvalue weighted by Gasteiger charge is 2.47. The zero-order chi connectivity index (χ0) is 23.8. The molecule has 1 amide bonds. The fourth-order valence-electron chi connectivity index (χ4n) is 5.15. The van der Waals surface area contributed by atoms with E-state index in [9.17, 15) is 14.7 Å². The van der Waals surface area contributed by atoms with E-state index in [1.54, 1.807) is 11.0 Å². The Morgan fingerprint density at radius 3 is 2.59 bits per heavy atom. The summed E-state index contributed by atoms with van der Waals surface area (Å²) in [5, 5.41) is 11.4. The van der Waals surface area contributed by atoms with Gasteiger partial charge < -0.3 is 19.5 Å². The third-order valence-electron chi connectivity index (χ3n) is 7.07. The lowest BCUT2D eigenvalue weighted by molar-refractivity contribution is -0.140. The van der Waals surface area contributed by atoms with Crippen LogP contribution in [0.5, 0.6) is 5.75 Å². The first-order valence-corrected chi connectivity index (χ1v) is 12.2. The molecule has 178 valence electrons. The lowest BCUT2D eigenvalue weighted by atomic mass is 9.92. The molecule has 1 N–H and O–H groups in total. The molecule has 3 aliphatic heterocycles. The number of carbonyl (C=O) groups is 2. The summed E-state index contributed by atoms with van der Waals surface area (Å²) < 4.78 is 11.5. The topological polar surface area (TPSA) is 76.1 Å². The number of amides is 1. The number of hydrogen-bond donors (Lipinski definition) is 1. The number of aryl methyl sites for hydroxylation is 1. The van der Waals surface area contributed by atoms with Crippen molar-refractivity contribution in [1.29, 1.82) is 0 Å². The van der Waals surface area contributed by atoms with Gasteiger partial charge in [0.2, 0.25) is 0 Å². The molecule has 3 heterocycles. The smallest absolute Gasteiger partial charge is 0.295 e. The van der Waals surface area contributed by atoms with E-state index in [0.717, 1.165) is 42.6 Å². The van der Waals surface area contributed by atoms with Crippen molar-refractivity contribution in [3.8, 4) is 5.75 Å². The summed E-state index contributed by atoms with van der Waals surface area (Å²) in [5.74, 6) is -0.203. The molecular formula is C28H31NO5. The number of benzene rings is 2. The van der Waals surface area contributed by atoms with Crippen molar-refractivity contribution < 1.29 is 24.2 Å². The maximum atomic E-state index is 13.3. The number of aliphatic hydroxyl groups excluding tert-OH is 1. The average Bonchev–Trinajstić information content (AvgIpc) is 3.46. The van der Waals surface area contributed by atoms with E-state index in [2.05, 4.69) is 13.8 Å². The highest BCUT2D eigenvalue weighted by atomic mass is 16.5. The molecule has 2 atom stereocenters. The van der Waals surface area contributed by atoms with Gasteiger partial charge >= 0.3 is 0 Å². The van der Waals surface area contributed by atoms with Gasteiger partial charge in [0.15, 0.2) is 0 Å².